The van der Waals surface area contributed by atoms with Crippen molar-refractivity contribution >= 4 is 17.5 Å². The Labute approximate surface area is 144 Å². The minimum Gasteiger partial charge on any atom is -0.393 e. The van der Waals surface area contributed by atoms with Gasteiger partial charge in [0.1, 0.15) is 11.4 Å². The van der Waals surface area contributed by atoms with Crippen LogP contribution in [0.1, 0.15) is 16.8 Å². The van der Waals surface area contributed by atoms with E-state index in [4.69, 9.17) is 11.6 Å². The number of aliphatic hydroxyl groups excluding tert-OH is 1. The van der Waals surface area contributed by atoms with Gasteiger partial charge in [-0.25, -0.2) is 4.39 Å². The quantitative estimate of drug-likeness (QED) is 0.895. The predicted molar refractivity (Wildman–Crippen MR) is 89.4 cm³/mol. The maximum atomic E-state index is 14.1. The number of β-amino-alcohol motifs (C(OH)–C–C–N with tert-alkyl or cyclic N) is 1. The number of nitrogens with zero attached hydrogens (tertiary/aromatic N) is 1. The van der Waals surface area contributed by atoms with Gasteiger partial charge in [0.05, 0.1) is 13.2 Å². The first-order valence-corrected chi connectivity index (χ1v) is 7.98. The van der Waals surface area contributed by atoms with E-state index in [1.165, 1.54) is 11.0 Å². The topological polar surface area (TPSA) is 60.8 Å². The smallest absolute Gasteiger partial charge is 0.253 e. The summed E-state index contributed by atoms with van der Waals surface area (Å²) < 4.78 is 14.1. The lowest BCUT2D eigenvalue weighted by Crippen LogP contribution is -2.38. The lowest BCUT2D eigenvalue weighted by atomic mass is 10.0. The molecule has 2 N–H and O–H groups in total. The molecule has 1 amide bonds. The van der Waals surface area contributed by atoms with Crippen LogP contribution in [0.3, 0.4) is 0 Å². The third kappa shape index (κ3) is 3.29. The van der Waals surface area contributed by atoms with Gasteiger partial charge in [0.15, 0.2) is 0 Å². The molecule has 0 unspecified atom stereocenters. The highest BCUT2D eigenvalue weighted by Gasteiger charge is 2.37. The second-order valence-electron chi connectivity index (χ2n) is 6.06. The lowest BCUT2D eigenvalue weighted by molar-refractivity contribution is -0.00455. The summed E-state index contributed by atoms with van der Waals surface area (Å²) in [5.41, 5.74) is 0.105. The Bertz CT molecular complexity index is 783. The highest BCUT2D eigenvalue weighted by atomic mass is 35.5. The van der Waals surface area contributed by atoms with Crippen LogP contribution in [0.4, 0.5) is 4.39 Å². The van der Waals surface area contributed by atoms with Crippen LogP contribution in [-0.4, -0.2) is 46.3 Å². The average Bonchev–Trinajstić information content (AvgIpc) is 2.97. The summed E-state index contributed by atoms with van der Waals surface area (Å²) in [6, 6.07) is 11.1. The number of halogens is 2. The van der Waals surface area contributed by atoms with Gasteiger partial charge in [-0.3, -0.25) is 4.79 Å². The number of amides is 1. The van der Waals surface area contributed by atoms with Crippen molar-refractivity contribution < 1.29 is 19.4 Å². The molecule has 3 rings (SSSR count). The first-order valence-electron chi connectivity index (χ1n) is 7.60. The largest absolute Gasteiger partial charge is 0.393 e. The number of carbonyl (C=O) groups is 1. The molecule has 1 heterocycles. The molecular weight excluding hydrogens is 333 g/mol. The molecule has 0 aliphatic carbocycles. The van der Waals surface area contributed by atoms with Crippen molar-refractivity contribution in [2.75, 3.05) is 19.7 Å². The third-order valence-corrected chi connectivity index (χ3v) is 4.50. The van der Waals surface area contributed by atoms with Crippen LogP contribution >= 0.6 is 11.6 Å². The van der Waals surface area contributed by atoms with E-state index in [1.54, 1.807) is 36.4 Å². The Kier molecular flexibility index (Phi) is 4.58. The van der Waals surface area contributed by atoms with Gasteiger partial charge in [0.2, 0.25) is 0 Å². The molecule has 2 aromatic carbocycles. The van der Waals surface area contributed by atoms with Crippen LogP contribution in [-0.2, 0) is 0 Å². The van der Waals surface area contributed by atoms with E-state index in [-0.39, 0.29) is 19.1 Å². The Morgan fingerprint density at radius 2 is 2.08 bits per heavy atom. The van der Waals surface area contributed by atoms with E-state index in [0.29, 0.717) is 34.7 Å². The highest BCUT2D eigenvalue weighted by Crippen LogP contribution is 2.27. The Hall–Kier alpha value is -1.95. The Morgan fingerprint density at radius 1 is 1.29 bits per heavy atom. The Morgan fingerprint density at radius 3 is 2.75 bits per heavy atom. The third-order valence-electron chi connectivity index (χ3n) is 4.27. The van der Waals surface area contributed by atoms with Crippen LogP contribution < -0.4 is 0 Å². The van der Waals surface area contributed by atoms with Crippen molar-refractivity contribution in [1.82, 2.24) is 4.90 Å². The van der Waals surface area contributed by atoms with Crippen molar-refractivity contribution in [3.63, 3.8) is 0 Å². The summed E-state index contributed by atoms with van der Waals surface area (Å²) in [7, 11) is 0. The van der Waals surface area contributed by atoms with Crippen LogP contribution in [0.5, 0.6) is 0 Å². The lowest BCUT2D eigenvalue weighted by Gasteiger charge is -2.21. The highest BCUT2D eigenvalue weighted by molar-refractivity contribution is 6.30. The summed E-state index contributed by atoms with van der Waals surface area (Å²) in [6.07, 6.45) is 0.334. The van der Waals surface area contributed by atoms with Crippen molar-refractivity contribution in [3.05, 3.63) is 58.9 Å². The number of benzene rings is 2. The van der Waals surface area contributed by atoms with E-state index >= 15 is 0 Å². The molecule has 24 heavy (non-hydrogen) atoms. The van der Waals surface area contributed by atoms with E-state index in [9.17, 15) is 19.4 Å². The average molecular weight is 350 g/mol. The molecule has 1 fully saturated rings. The zero-order chi connectivity index (χ0) is 17.3. The van der Waals surface area contributed by atoms with Gasteiger partial charge in [-0.15, -0.1) is 0 Å². The fourth-order valence-electron chi connectivity index (χ4n) is 2.88. The summed E-state index contributed by atoms with van der Waals surface area (Å²) >= 11 is 5.77. The number of likely N-dealkylation sites (tertiary alicyclic amines) is 1. The monoisotopic (exact) mass is 349 g/mol. The predicted octanol–water partition coefficient (Wildman–Crippen LogP) is 2.72. The molecule has 1 aliphatic rings. The van der Waals surface area contributed by atoms with Gasteiger partial charge < -0.3 is 15.1 Å². The van der Waals surface area contributed by atoms with Gasteiger partial charge in [-0.1, -0.05) is 23.7 Å². The SMILES string of the molecule is O=C(c1cccc(-c2ccc(Cl)cc2F)c1)N1CC[C@](O)(CO)C1. The molecular formula is C18H17ClFNO3. The molecule has 6 heteroatoms. The van der Waals surface area contributed by atoms with Gasteiger partial charge in [-0.2, -0.15) is 0 Å². The second-order valence-corrected chi connectivity index (χ2v) is 6.50. The number of hydrogen-bond acceptors (Lipinski definition) is 3. The molecule has 1 atom stereocenters. The Balaban J connectivity index is 1.87. The maximum absolute atomic E-state index is 14.1. The fourth-order valence-corrected chi connectivity index (χ4v) is 3.04. The molecule has 1 saturated heterocycles. The van der Waals surface area contributed by atoms with E-state index in [0.717, 1.165) is 0 Å². The zero-order valence-electron chi connectivity index (χ0n) is 12.9. The van der Waals surface area contributed by atoms with Crippen LogP contribution in [0, 0.1) is 5.82 Å². The molecule has 0 aromatic heterocycles. The minimum atomic E-state index is -1.24. The number of carbonyl (C=O) groups excluding carboxylic acids is 1. The molecule has 0 radical (unpaired) electrons. The summed E-state index contributed by atoms with van der Waals surface area (Å²) in [5.74, 6) is -0.710. The van der Waals surface area contributed by atoms with Crippen LogP contribution in [0.15, 0.2) is 42.5 Å². The normalized spacial score (nSPS) is 20.4. The summed E-state index contributed by atoms with van der Waals surface area (Å²) in [4.78, 5) is 14.1. The molecule has 0 spiro atoms. The van der Waals surface area contributed by atoms with Crippen molar-refractivity contribution in [1.29, 1.82) is 0 Å². The summed E-state index contributed by atoms with van der Waals surface area (Å²) in [6.45, 7) is 0.0735. The maximum Gasteiger partial charge on any atom is 0.253 e. The van der Waals surface area contributed by atoms with Gasteiger partial charge in [-0.05, 0) is 42.3 Å². The molecule has 0 saturated carbocycles. The zero-order valence-corrected chi connectivity index (χ0v) is 13.6. The molecule has 1 aliphatic heterocycles. The summed E-state index contributed by atoms with van der Waals surface area (Å²) in [5, 5.41) is 19.6. The molecule has 0 bridgehead atoms. The molecule has 4 nitrogen and oxygen atoms in total. The van der Waals surface area contributed by atoms with Gasteiger partial charge in [0.25, 0.3) is 5.91 Å². The standard InChI is InChI=1S/C18H17ClFNO3/c19-14-4-5-15(16(20)9-14)12-2-1-3-13(8-12)17(23)21-7-6-18(24,10-21)11-22/h1-5,8-9,22,24H,6-7,10-11H2/t18-/m1/s1. The first kappa shape index (κ1) is 16.9. The second kappa shape index (κ2) is 6.51. The van der Waals surface area contributed by atoms with Gasteiger partial charge >= 0.3 is 0 Å². The molecule has 126 valence electrons. The van der Waals surface area contributed by atoms with Gasteiger partial charge in [0, 0.05) is 22.7 Å². The minimum absolute atomic E-state index is 0.0852. The van der Waals surface area contributed by atoms with Crippen molar-refractivity contribution in [2.24, 2.45) is 0 Å². The number of aliphatic hydroxyl groups is 2. The number of rotatable bonds is 3. The van der Waals surface area contributed by atoms with E-state index in [1.807, 2.05) is 0 Å². The fraction of sp³-hybridized carbons (Fsp3) is 0.278. The van der Waals surface area contributed by atoms with Crippen LogP contribution in [0.25, 0.3) is 11.1 Å². The molecule has 2 aromatic rings. The van der Waals surface area contributed by atoms with Crippen molar-refractivity contribution in [3.8, 4) is 11.1 Å². The van der Waals surface area contributed by atoms with E-state index in [2.05, 4.69) is 0 Å². The first-order chi connectivity index (χ1) is 11.4. The van der Waals surface area contributed by atoms with Crippen LogP contribution in [0.2, 0.25) is 5.02 Å². The number of hydrogen-bond donors (Lipinski definition) is 2. The van der Waals surface area contributed by atoms with E-state index < -0.39 is 11.4 Å². The van der Waals surface area contributed by atoms with Crippen molar-refractivity contribution in [2.45, 2.75) is 12.0 Å².